The van der Waals surface area contributed by atoms with Crippen LogP contribution in [0, 0.1) is 0 Å². The van der Waals surface area contributed by atoms with Crippen LogP contribution in [-0.2, 0) is 16.6 Å². The quantitative estimate of drug-likeness (QED) is 0.724. The highest BCUT2D eigenvalue weighted by molar-refractivity contribution is 7.98. The summed E-state index contributed by atoms with van der Waals surface area (Å²) in [6.45, 7) is 0.109. The molecule has 0 radical (unpaired) electrons. The van der Waals surface area contributed by atoms with Gasteiger partial charge in [-0.15, -0.1) is 11.8 Å². The summed E-state index contributed by atoms with van der Waals surface area (Å²) >= 11 is 1.59. The molecule has 4 N–H and O–H groups in total. The van der Waals surface area contributed by atoms with E-state index in [0.717, 1.165) is 4.90 Å². The SMILES string of the molecule is CSc1ccc(NS(=O)(=O)c2[nH]ncc2CN)cc1. The van der Waals surface area contributed by atoms with Gasteiger partial charge in [0.15, 0.2) is 5.03 Å². The Morgan fingerprint density at radius 3 is 2.63 bits per heavy atom. The van der Waals surface area contributed by atoms with Gasteiger partial charge in [-0.25, -0.2) is 0 Å². The minimum atomic E-state index is -3.69. The Morgan fingerprint density at radius 2 is 2.05 bits per heavy atom. The Balaban J connectivity index is 2.26. The van der Waals surface area contributed by atoms with Gasteiger partial charge in [0.2, 0.25) is 0 Å². The standard InChI is InChI=1S/C11H14N4O2S2/c1-18-10-4-2-9(3-5-10)15-19(16,17)11-8(6-12)7-13-14-11/h2-5,7,15H,6,12H2,1H3,(H,13,14). The van der Waals surface area contributed by atoms with Crippen LogP contribution in [0.3, 0.4) is 0 Å². The number of sulfonamides is 1. The summed E-state index contributed by atoms with van der Waals surface area (Å²) in [5.41, 5.74) is 6.42. The molecule has 8 heteroatoms. The first-order valence-corrected chi connectivity index (χ1v) is 8.17. The third-order valence-corrected chi connectivity index (χ3v) is 4.65. The fourth-order valence-electron chi connectivity index (χ4n) is 1.54. The van der Waals surface area contributed by atoms with Crippen LogP contribution >= 0.6 is 11.8 Å². The molecule has 2 rings (SSSR count). The molecule has 1 heterocycles. The van der Waals surface area contributed by atoms with E-state index < -0.39 is 10.0 Å². The summed E-state index contributed by atoms with van der Waals surface area (Å²) < 4.78 is 26.8. The van der Waals surface area contributed by atoms with E-state index in [0.29, 0.717) is 11.3 Å². The monoisotopic (exact) mass is 298 g/mol. The van der Waals surface area contributed by atoms with Gasteiger partial charge >= 0.3 is 0 Å². The van der Waals surface area contributed by atoms with Gasteiger partial charge in [-0.05, 0) is 30.5 Å². The van der Waals surface area contributed by atoms with E-state index in [1.807, 2.05) is 18.4 Å². The summed E-state index contributed by atoms with van der Waals surface area (Å²) in [6.07, 6.45) is 3.36. The number of hydrogen-bond acceptors (Lipinski definition) is 5. The summed E-state index contributed by atoms with van der Waals surface area (Å²) in [7, 11) is -3.69. The Kier molecular flexibility index (Phi) is 4.13. The second-order valence-corrected chi connectivity index (χ2v) is 6.26. The van der Waals surface area contributed by atoms with Crippen LogP contribution in [-0.4, -0.2) is 24.9 Å². The number of thioether (sulfide) groups is 1. The fraction of sp³-hybridized carbons (Fsp3) is 0.182. The lowest BCUT2D eigenvalue weighted by Gasteiger charge is -2.08. The minimum absolute atomic E-state index is 0.00365. The summed E-state index contributed by atoms with van der Waals surface area (Å²) in [4.78, 5) is 1.06. The average Bonchev–Trinajstić information content (AvgIpc) is 2.88. The highest BCUT2D eigenvalue weighted by Gasteiger charge is 2.20. The van der Waals surface area contributed by atoms with Gasteiger partial charge in [-0.1, -0.05) is 0 Å². The molecule has 102 valence electrons. The lowest BCUT2D eigenvalue weighted by molar-refractivity contribution is 0.596. The molecule has 0 saturated carbocycles. The van der Waals surface area contributed by atoms with Crippen molar-refractivity contribution in [3.8, 4) is 0 Å². The van der Waals surface area contributed by atoms with E-state index in [1.165, 1.54) is 6.20 Å². The number of hydrogen-bond donors (Lipinski definition) is 3. The van der Waals surface area contributed by atoms with Crippen LogP contribution in [0.2, 0.25) is 0 Å². The number of anilines is 1. The second kappa shape index (κ2) is 5.64. The number of aromatic amines is 1. The zero-order valence-corrected chi connectivity index (χ0v) is 11.9. The van der Waals surface area contributed by atoms with Crippen molar-refractivity contribution >= 4 is 27.5 Å². The van der Waals surface area contributed by atoms with Crippen LogP contribution in [0.4, 0.5) is 5.69 Å². The Morgan fingerprint density at radius 1 is 1.37 bits per heavy atom. The van der Waals surface area contributed by atoms with Gasteiger partial charge in [-0.3, -0.25) is 9.82 Å². The maximum Gasteiger partial charge on any atom is 0.279 e. The first-order chi connectivity index (χ1) is 9.06. The first kappa shape index (κ1) is 13.9. The molecule has 0 fully saturated rings. The molecule has 6 nitrogen and oxygen atoms in total. The lowest BCUT2D eigenvalue weighted by Crippen LogP contribution is -2.16. The van der Waals surface area contributed by atoms with Crippen molar-refractivity contribution in [2.24, 2.45) is 5.73 Å². The predicted molar refractivity (Wildman–Crippen MR) is 75.5 cm³/mol. The molecule has 0 aliphatic rings. The normalized spacial score (nSPS) is 11.5. The van der Waals surface area contributed by atoms with Crippen LogP contribution in [0.25, 0.3) is 0 Å². The van der Waals surface area contributed by atoms with Gasteiger partial charge in [0, 0.05) is 22.7 Å². The van der Waals surface area contributed by atoms with Gasteiger partial charge in [0.25, 0.3) is 10.0 Å². The maximum atomic E-state index is 12.2. The molecule has 0 unspecified atom stereocenters. The Bertz CT molecular complexity index is 650. The molecule has 0 saturated heterocycles. The number of nitrogens with two attached hydrogens (primary N) is 1. The molecule has 1 aromatic heterocycles. The molecule has 0 aliphatic carbocycles. The summed E-state index contributed by atoms with van der Waals surface area (Å²) in [6, 6.07) is 7.11. The smallest absolute Gasteiger partial charge is 0.279 e. The lowest BCUT2D eigenvalue weighted by atomic mass is 10.3. The van der Waals surface area contributed by atoms with Gasteiger partial charge in [0.05, 0.1) is 6.20 Å². The number of nitrogens with zero attached hydrogens (tertiary/aromatic N) is 1. The molecule has 1 aromatic carbocycles. The molecule has 0 amide bonds. The third kappa shape index (κ3) is 3.09. The fourth-order valence-corrected chi connectivity index (χ4v) is 3.15. The van der Waals surface area contributed by atoms with Crippen molar-refractivity contribution in [3.63, 3.8) is 0 Å². The number of nitrogens with one attached hydrogen (secondary N) is 2. The summed E-state index contributed by atoms with van der Waals surface area (Å²) in [5, 5.41) is 6.16. The topological polar surface area (TPSA) is 101 Å². The van der Waals surface area contributed by atoms with Crippen LogP contribution in [0.5, 0.6) is 0 Å². The van der Waals surface area contributed by atoms with Crippen molar-refractivity contribution in [1.82, 2.24) is 10.2 Å². The molecule has 2 aromatic rings. The zero-order valence-electron chi connectivity index (χ0n) is 10.3. The van der Waals surface area contributed by atoms with Crippen molar-refractivity contribution < 1.29 is 8.42 Å². The van der Waals surface area contributed by atoms with Crippen LogP contribution < -0.4 is 10.5 Å². The Labute approximate surface area is 115 Å². The predicted octanol–water partition coefficient (Wildman–Crippen LogP) is 1.39. The van der Waals surface area contributed by atoms with Gasteiger partial charge < -0.3 is 5.73 Å². The third-order valence-electron chi connectivity index (χ3n) is 2.51. The molecular formula is C11H14N4O2S2. The zero-order chi connectivity index (χ0) is 13.9. The molecule has 19 heavy (non-hydrogen) atoms. The van der Waals surface area contributed by atoms with Crippen molar-refractivity contribution in [3.05, 3.63) is 36.0 Å². The van der Waals surface area contributed by atoms with E-state index in [2.05, 4.69) is 14.9 Å². The van der Waals surface area contributed by atoms with Crippen molar-refractivity contribution in [2.75, 3.05) is 11.0 Å². The minimum Gasteiger partial charge on any atom is -0.326 e. The highest BCUT2D eigenvalue weighted by atomic mass is 32.2. The van der Waals surface area contributed by atoms with E-state index in [-0.39, 0.29) is 11.6 Å². The van der Waals surface area contributed by atoms with E-state index in [9.17, 15) is 8.42 Å². The van der Waals surface area contributed by atoms with Gasteiger partial charge in [0.1, 0.15) is 0 Å². The van der Waals surface area contributed by atoms with Crippen molar-refractivity contribution in [1.29, 1.82) is 0 Å². The Hall–Kier alpha value is -1.51. The first-order valence-electron chi connectivity index (χ1n) is 5.46. The molecule has 0 aliphatic heterocycles. The number of aromatic nitrogens is 2. The molecule has 0 atom stereocenters. The summed E-state index contributed by atoms with van der Waals surface area (Å²) in [5.74, 6) is 0. The van der Waals surface area contributed by atoms with E-state index in [1.54, 1.807) is 23.9 Å². The van der Waals surface area contributed by atoms with Crippen LogP contribution in [0.1, 0.15) is 5.56 Å². The average molecular weight is 298 g/mol. The number of rotatable bonds is 5. The maximum absolute atomic E-state index is 12.2. The van der Waals surface area contributed by atoms with Gasteiger partial charge in [-0.2, -0.15) is 13.5 Å². The van der Waals surface area contributed by atoms with E-state index in [4.69, 9.17) is 5.73 Å². The second-order valence-electron chi connectivity index (χ2n) is 3.76. The molecule has 0 spiro atoms. The largest absolute Gasteiger partial charge is 0.326 e. The van der Waals surface area contributed by atoms with Crippen molar-refractivity contribution in [2.45, 2.75) is 16.5 Å². The number of H-pyrrole nitrogens is 1. The van der Waals surface area contributed by atoms with Crippen LogP contribution in [0.15, 0.2) is 40.4 Å². The molecular weight excluding hydrogens is 284 g/mol. The number of benzene rings is 1. The molecule has 0 bridgehead atoms. The highest BCUT2D eigenvalue weighted by Crippen LogP contribution is 2.20. The van der Waals surface area contributed by atoms with E-state index >= 15 is 0 Å².